The lowest BCUT2D eigenvalue weighted by atomic mass is 10.1. The molecule has 0 bridgehead atoms. The molecule has 0 radical (unpaired) electrons. The molecular weight excluding hydrogens is 647 g/mol. The third-order valence-electron chi connectivity index (χ3n) is 9.04. The minimum atomic E-state index is 0.594. The Bertz CT molecular complexity index is 2050. The molecule has 0 saturated heterocycles. The topological polar surface area (TPSA) is 48.3 Å². The van der Waals surface area contributed by atoms with Crippen molar-refractivity contribution in [2.75, 3.05) is 36.2 Å². The van der Waals surface area contributed by atoms with Crippen LogP contribution >= 0.6 is 0 Å². The van der Waals surface area contributed by atoms with Crippen molar-refractivity contribution in [3.8, 4) is 23.0 Å². The predicted octanol–water partition coefficient (Wildman–Crippen LogP) is 11.9. The van der Waals surface area contributed by atoms with Gasteiger partial charge < -0.3 is 33.3 Å². The Hall–Kier alpha value is -6.08. The SMILES string of the molecule is CCOc1cccc(N(c2cccc(OCC)c2)c2ccc3c(c2)c2cc(N(c4cccc(OCC)c4)c4cccc(OCC)c4)ccc2n3C)c1. The maximum absolute atomic E-state index is 5.94. The fourth-order valence-corrected chi connectivity index (χ4v) is 6.88. The number of rotatable bonds is 14. The number of fused-ring (bicyclic) bond motifs is 3. The normalized spacial score (nSPS) is 11.1. The van der Waals surface area contributed by atoms with Crippen molar-refractivity contribution in [2.24, 2.45) is 7.05 Å². The van der Waals surface area contributed by atoms with E-state index in [0.717, 1.165) is 78.9 Å². The molecule has 1 aromatic heterocycles. The van der Waals surface area contributed by atoms with Crippen molar-refractivity contribution >= 4 is 55.9 Å². The Morgan fingerprint density at radius 3 is 0.962 bits per heavy atom. The quantitative estimate of drug-likeness (QED) is 0.113. The van der Waals surface area contributed by atoms with Gasteiger partial charge in [-0.1, -0.05) is 24.3 Å². The van der Waals surface area contributed by atoms with Crippen LogP contribution in [0.4, 0.5) is 34.1 Å². The zero-order chi connectivity index (χ0) is 36.0. The van der Waals surface area contributed by atoms with Crippen LogP contribution in [0.1, 0.15) is 27.7 Å². The number of aromatic nitrogens is 1. The fraction of sp³-hybridized carbons (Fsp3) is 0.200. The van der Waals surface area contributed by atoms with Crippen LogP contribution < -0.4 is 28.7 Å². The molecule has 0 saturated carbocycles. The van der Waals surface area contributed by atoms with Crippen molar-refractivity contribution in [1.29, 1.82) is 0 Å². The summed E-state index contributed by atoms with van der Waals surface area (Å²) < 4.78 is 26.0. The van der Waals surface area contributed by atoms with E-state index in [4.69, 9.17) is 18.9 Å². The van der Waals surface area contributed by atoms with Gasteiger partial charge >= 0.3 is 0 Å². The van der Waals surface area contributed by atoms with E-state index in [1.165, 1.54) is 0 Å². The van der Waals surface area contributed by atoms with Crippen molar-refractivity contribution in [2.45, 2.75) is 27.7 Å². The molecule has 6 aromatic carbocycles. The van der Waals surface area contributed by atoms with Gasteiger partial charge in [0.2, 0.25) is 0 Å². The monoisotopic (exact) mass is 691 g/mol. The highest BCUT2D eigenvalue weighted by Gasteiger charge is 2.20. The molecular formula is C45H45N3O4. The Morgan fingerprint density at radius 1 is 0.385 bits per heavy atom. The van der Waals surface area contributed by atoms with Crippen molar-refractivity contribution in [3.63, 3.8) is 0 Å². The van der Waals surface area contributed by atoms with Crippen LogP contribution in [0.25, 0.3) is 21.8 Å². The fourth-order valence-electron chi connectivity index (χ4n) is 6.88. The second-order valence-corrected chi connectivity index (χ2v) is 12.4. The van der Waals surface area contributed by atoms with E-state index in [1.807, 2.05) is 76.2 Å². The molecule has 0 N–H and O–H groups in total. The molecule has 7 nitrogen and oxygen atoms in total. The summed E-state index contributed by atoms with van der Waals surface area (Å²) in [4.78, 5) is 4.52. The van der Waals surface area contributed by atoms with E-state index >= 15 is 0 Å². The largest absolute Gasteiger partial charge is 0.494 e. The molecule has 264 valence electrons. The van der Waals surface area contributed by atoms with E-state index in [0.29, 0.717) is 26.4 Å². The summed E-state index contributed by atoms with van der Waals surface area (Å²) in [6.45, 7) is 10.4. The van der Waals surface area contributed by atoms with Gasteiger partial charge in [0.25, 0.3) is 0 Å². The summed E-state index contributed by atoms with van der Waals surface area (Å²) in [5.41, 5.74) is 8.32. The maximum atomic E-state index is 5.94. The molecule has 0 atom stereocenters. The summed E-state index contributed by atoms with van der Waals surface area (Å²) in [6, 6.07) is 46.4. The lowest BCUT2D eigenvalue weighted by molar-refractivity contribution is 0.340. The third-order valence-corrected chi connectivity index (χ3v) is 9.04. The van der Waals surface area contributed by atoms with E-state index in [-0.39, 0.29) is 0 Å². The van der Waals surface area contributed by atoms with Crippen LogP contribution in [-0.2, 0) is 7.05 Å². The average molecular weight is 692 g/mol. The standard InChI is InChI=1S/C45H45N3O4/c1-6-49-38-18-10-14-32(26-38)47(33-15-11-19-39(27-33)50-7-2)36-22-24-44-42(30-36)43-31-37(23-25-45(43)46(44)5)48(34-16-12-20-40(28-34)51-8-3)35-17-13-21-41(29-35)52-9-4/h10-31H,6-9H2,1-5H3. The van der Waals surface area contributed by atoms with E-state index in [9.17, 15) is 0 Å². The zero-order valence-electron chi connectivity index (χ0n) is 30.5. The number of hydrogen-bond acceptors (Lipinski definition) is 6. The molecule has 0 fully saturated rings. The second kappa shape index (κ2) is 15.4. The molecule has 7 rings (SSSR count). The third kappa shape index (κ3) is 6.95. The van der Waals surface area contributed by atoms with Crippen molar-refractivity contribution in [1.82, 2.24) is 4.57 Å². The average Bonchev–Trinajstić information content (AvgIpc) is 3.43. The Morgan fingerprint density at radius 2 is 0.673 bits per heavy atom. The highest BCUT2D eigenvalue weighted by molar-refractivity contribution is 6.11. The summed E-state index contributed by atoms with van der Waals surface area (Å²) in [7, 11) is 2.13. The minimum Gasteiger partial charge on any atom is -0.494 e. The number of aryl methyl sites for hydroxylation is 1. The molecule has 0 aliphatic heterocycles. The van der Waals surface area contributed by atoms with Gasteiger partial charge in [-0.05, 0) is 113 Å². The molecule has 0 amide bonds. The number of benzene rings is 6. The van der Waals surface area contributed by atoms with Crippen LogP contribution in [-0.4, -0.2) is 31.0 Å². The van der Waals surface area contributed by atoms with Crippen LogP contribution in [0.15, 0.2) is 133 Å². The number of nitrogens with zero attached hydrogens (tertiary/aromatic N) is 3. The predicted molar refractivity (Wildman–Crippen MR) is 214 cm³/mol. The van der Waals surface area contributed by atoms with Gasteiger partial charge in [-0.3, -0.25) is 0 Å². The van der Waals surface area contributed by atoms with Crippen LogP contribution in [0.2, 0.25) is 0 Å². The minimum absolute atomic E-state index is 0.594. The first-order valence-electron chi connectivity index (χ1n) is 18.0. The van der Waals surface area contributed by atoms with E-state index in [1.54, 1.807) is 0 Å². The maximum Gasteiger partial charge on any atom is 0.121 e. The zero-order valence-corrected chi connectivity index (χ0v) is 30.5. The highest BCUT2D eigenvalue weighted by Crippen LogP contribution is 2.43. The van der Waals surface area contributed by atoms with Gasteiger partial charge in [-0.15, -0.1) is 0 Å². The summed E-state index contributed by atoms with van der Waals surface area (Å²) in [6.07, 6.45) is 0. The van der Waals surface area contributed by atoms with Crippen molar-refractivity contribution < 1.29 is 18.9 Å². The molecule has 7 heteroatoms. The molecule has 0 spiro atoms. The summed E-state index contributed by atoms with van der Waals surface area (Å²) >= 11 is 0. The van der Waals surface area contributed by atoms with Gasteiger partial charge in [0.1, 0.15) is 23.0 Å². The van der Waals surface area contributed by atoms with Gasteiger partial charge in [-0.25, -0.2) is 0 Å². The molecule has 52 heavy (non-hydrogen) atoms. The van der Waals surface area contributed by atoms with Crippen molar-refractivity contribution in [3.05, 3.63) is 133 Å². The number of anilines is 6. The summed E-state index contributed by atoms with van der Waals surface area (Å²) in [5, 5.41) is 2.30. The van der Waals surface area contributed by atoms with Crippen LogP contribution in [0.3, 0.4) is 0 Å². The van der Waals surface area contributed by atoms with E-state index < -0.39 is 0 Å². The first-order chi connectivity index (χ1) is 25.5. The van der Waals surface area contributed by atoms with Crippen LogP contribution in [0, 0.1) is 0 Å². The molecule has 0 aliphatic rings. The molecule has 0 unspecified atom stereocenters. The summed E-state index contributed by atoms with van der Waals surface area (Å²) in [5.74, 6) is 3.29. The molecule has 7 aromatic rings. The van der Waals surface area contributed by atoms with Crippen LogP contribution in [0.5, 0.6) is 23.0 Å². The first kappa shape index (κ1) is 34.4. The smallest absolute Gasteiger partial charge is 0.121 e. The molecule has 1 heterocycles. The number of hydrogen-bond donors (Lipinski definition) is 0. The lowest BCUT2D eigenvalue weighted by Gasteiger charge is -2.27. The lowest BCUT2D eigenvalue weighted by Crippen LogP contribution is -2.10. The van der Waals surface area contributed by atoms with E-state index in [2.05, 4.69) is 106 Å². The van der Waals surface area contributed by atoms with Gasteiger partial charge in [0, 0.05) is 87.2 Å². The second-order valence-electron chi connectivity index (χ2n) is 12.4. The Balaban J connectivity index is 1.41. The number of ether oxygens (including phenoxy) is 4. The van der Waals surface area contributed by atoms with Gasteiger partial charge in [0.15, 0.2) is 0 Å². The first-order valence-corrected chi connectivity index (χ1v) is 18.0. The highest BCUT2D eigenvalue weighted by atomic mass is 16.5. The Labute approximate surface area is 306 Å². The van der Waals surface area contributed by atoms with Gasteiger partial charge in [0.05, 0.1) is 26.4 Å². The molecule has 0 aliphatic carbocycles. The Kier molecular flexibility index (Phi) is 10.2. The van der Waals surface area contributed by atoms with Gasteiger partial charge in [-0.2, -0.15) is 0 Å².